The first-order valence-corrected chi connectivity index (χ1v) is 4.61. The van der Waals surface area contributed by atoms with E-state index in [1.165, 1.54) is 0 Å². The molecule has 0 aromatic carbocycles. The van der Waals surface area contributed by atoms with Crippen molar-refractivity contribution in [3.05, 3.63) is 0 Å². The average Bonchev–Trinajstić information content (AvgIpc) is 2.77. The van der Waals surface area contributed by atoms with E-state index in [0.29, 0.717) is 12.2 Å². The number of rotatable bonds is 6. The van der Waals surface area contributed by atoms with Crippen LogP contribution in [-0.2, 0) is 9.47 Å². The second kappa shape index (κ2) is 4.73. The largest absolute Gasteiger partial charge is 0.381 e. The fourth-order valence-electron chi connectivity index (χ4n) is 1.24. The van der Waals surface area contributed by atoms with Crippen LogP contribution < -0.4 is 0 Å². The fraction of sp³-hybridized carbons (Fsp3) is 1.00. The summed E-state index contributed by atoms with van der Waals surface area (Å²) in [6.45, 7) is 6.05. The molecule has 0 aromatic rings. The minimum atomic E-state index is 0.511. The quantitative estimate of drug-likeness (QED) is 0.435. The molecule has 0 N–H and O–H groups in total. The first kappa shape index (κ1) is 9.01. The molecule has 1 heterocycles. The summed E-state index contributed by atoms with van der Waals surface area (Å²) >= 11 is 0. The third-order valence-electron chi connectivity index (χ3n) is 1.99. The van der Waals surface area contributed by atoms with Crippen LogP contribution >= 0.6 is 0 Å². The summed E-state index contributed by atoms with van der Waals surface area (Å²) in [5, 5.41) is 0. The molecule has 1 aliphatic heterocycles. The monoisotopic (exact) mass is 158 g/mol. The van der Waals surface area contributed by atoms with E-state index in [-0.39, 0.29) is 0 Å². The lowest BCUT2D eigenvalue weighted by molar-refractivity contribution is 0.126. The van der Waals surface area contributed by atoms with E-state index in [4.69, 9.17) is 9.47 Å². The van der Waals surface area contributed by atoms with E-state index in [9.17, 15) is 0 Å². The van der Waals surface area contributed by atoms with Crippen LogP contribution in [-0.4, -0.2) is 25.4 Å². The number of hydrogen-bond acceptors (Lipinski definition) is 2. The topological polar surface area (TPSA) is 21.8 Å². The number of ether oxygens (including phenoxy) is 2. The van der Waals surface area contributed by atoms with Crippen LogP contribution in [0.3, 0.4) is 0 Å². The van der Waals surface area contributed by atoms with Gasteiger partial charge in [-0.25, -0.2) is 0 Å². The maximum absolute atomic E-state index is 5.37. The van der Waals surface area contributed by atoms with Crippen LogP contribution in [0, 0.1) is 0 Å². The Balaban J connectivity index is 1.82. The van der Waals surface area contributed by atoms with Gasteiger partial charge < -0.3 is 9.47 Å². The molecule has 2 unspecified atom stereocenters. The van der Waals surface area contributed by atoms with Crippen LogP contribution in [0.2, 0.25) is 0 Å². The van der Waals surface area contributed by atoms with E-state index in [1.807, 2.05) is 0 Å². The lowest BCUT2D eigenvalue weighted by Crippen LogP contribution is -2.01. The molecule has 1 rings (SSSR count). The van der Waals surface area contributed by atoms with Crippen molar-refractivity contribution < 1.29 is 9.47 Å². The first-order valence-electron chi connectivity index (χ1n) is 4.61. The summed E-state index contributed by atoms with van der Waals surface area (Å²) in [5.41, 5.74) is 0. The summed E-state index contributed by atoms with van der Waals surface area (Å²) < 4.78 is 10.7. The normalized spacial score (nSPS) is 28.9. The third kappa shape index (κ3) is 3.21. The van der Waals surface area contributed by atoms with Gasteiger partial charge in [-0.15, -0.1) is 0 Å². The summed E-state index contributed by atoms with van der Waals surface area (Å²) in [4.78, 5) is 0. The Morgan fingerprint density at radius 2 is 2.00 bits per heavy atom. The first-order chi connectivity index (χ1) is 5.38. The van der Waals surface area contributed by atoms with E-state index in [0.717, 1.165) is 32.5 Å². The van der Waals surface area contributed by atoms with Crippen molar-refractivity contribution in [2.45, 2.75) is 45.3 Å². The molecule has 0 radical (unpaired) electrons. The highest BCUT2D eigenvalue weighted by Gasteiger charge is 2.35. The van der Waals surface area contributed by atoms with Crippen molar-refractivity contribution in [2.24, 2.45) is 0 Å². The molecule has 2 nitrogen and oxygen atoms in total. The molecule has 1 aliphatic rings. The maximum Gasteiger partial charge on any atom is 0.0863 e. The lowest BCUT2D eigenvalue weighted by Gasteiger charge is -1.98. The summed E-state index contributed by atoms with van der Waals surface area (Å²) in [6.07, 6.45) is 4.40. The Bertz CT molecular complexity index is 104. The highest BCUT2D eigenvalue weighted by atomic mass is 16.6. The van der Waals surface area contributed by atoms with Gasteiger partial charge in [0.2, 0.25) is 0 Å². The Hall–Kier alpha value is -0.0800. The molecule has 0 spiro atoms. The van der Waals surface area contributed by atoms with Gasteiger partial charge in [-0.1, -0.05) is 13.8 Å². The van der Waals surface area contributed by atoms with Gasteiger partial charge in [0.25, 0.3) is 0 Å². The average molecular weight is 158 g/mol. The molecule has 66 valence electrons. The third-order valence-corrected chi connectivity index (χ3v) is 1.99. The van der Waals surface area contributed by atoms with Gasteiger partial charge in [0.1, 0.15) is 0 Å². The molecule has 2 heteroatoms. The Morgan fingerprint density at radius 1 is 1.18 bits per heavy atom. The highest BCUT2D eigenvalue weighted by Crippen LogP contribution is 2.27. The number of epoxide rings is 1. The molecule has 1 fully saturated rings. The van der Waals surface area contributed by atoms with Crippen LogP contribution in [0.5, 0.6) is 0 Å². The minimum absolute atomic E-state index is 0.511. The van der Waals surface area contributed by atoms with Gasteiger partial charge >= 0.3 is 0 Å². The zero-order chi connectivity index (χ0) is 8.10. The molecule has 11 heavy (non-hydrogen) atoms. The molecular formula is C9H18O2. The molecule has 0 saturated carbocycles. The van der Waals surface area contributed by atoms with Gasteiger partial charge in [0, 0.05) is 13.2 Å². The second-order valence-corrected chi connectivity index (χ2v) is 3.02. The standard InChI is InChI=1S/C9H18O2/c1-3-6-10-7-5-9-8(4-2)11-9/h8-9H,3-7H2,1-2H3. The molecular weight excluding hydrogens is 140 g/mol. The molecule has 0 bridgehead atoms. The number of hydrogen-bond donors (Lipinski definition) is 0. The van der Waals surface area contributed by atoms with Crippen LogP contribution in [0.4, 0.5) is 0 Å². The van der Waals surface area contributed by atoms with E-state index in [2.05, 4.69) is 13.8 Å². The van der Waals surface area contributed by atoms with E-state index in [1.54, 1.807) is 0 Å². The second-order valence-electron chi connectivity index (χ2n) is 3.02. The van der Waals surface area contributed by atoms with Gasteiger partial charge in [-0.05, 0) is 19.3 Å². The van der Waals surface area contributed by atoms with Crippen molar-refractivity contribution >= 4 is 0 Å². The molecule has 0 amide bonds. The van der Waals surface area contributed by atoms with Gasteiger partial charge in [-0.3, -0.25) is 0 Å². The fourth-order valence-corrected chi connectivity index (χ4v) is 1.24. The lowest BCUT2D eigenvalue weighted by atomic mass is 10.2. The summed E-state index contributed by atoms with van der Waals surface area (Å²) in [7, 11) is 0. The molecule has 0 aliphatic carbocycles. The molecule has 1 saturated heterocycles. The Kier molecular flexibility index (Phi) is 3.87. The predicted octanol–water partition coefficient (Wildman–Crippen LogP) is 1.98. The Morgan fingerprint density at radius 3 is 2.55 bits per heavy atom. The van der Waals surface area contributed by atoms with Gasteiger partial charge in [0.15, 0.2) is 0 Å². The maximum atomic E-state index is 5.37. The van der Waals surface area contributed by atoms with Crippen molar-refractivity contribution in [3.63, 3.8) is 0 Å². The zero-order valence-electron chi connectivity index (χ0n) is 7.51. The summed E-state index contributed by atoms with van der Waals surface area (Å²) in [5.74, 6) is 0. The molecule has 2 atom stereocenters. The van der Waals surface area contributed by atoms with Crippen LogP contribution in [0.1, 0.15) is 33.1 Å². The smallest absolute Gasteiger partial charge is 0.0863 e. The SMILES string of the molecule is CCCOCCC1OC1CC. The van der Waals surface area contributed by atoms with E-state index < -0.39 is 0 Å². The van der Waals surface area contributed by atoms with Crippen molar-refractivity contribution in [3.8, 4) is 0 Å². The van der Waals surface area contributed by atoms with Crippen LogP contribution in [0.15, 0.2) is 0 Å². The minimum Gasteiger partial charge on any atom is -0.381 e. The predicted molar refractivity (Wildman–Crippen MR) is 44.7 cm³/mol. The summed E-state index contributed by atoms with van der Waals surface area (Å²) in [6, 6.07) is 0. The Labute approximate surface area is 68.9 Å². The zero-order valence-corrected chi connectivity index (χ0v) is 7.51. The van der Waals surface area contributed by atoms with Crippen molar-refractivity contribution in [1.82, 2.24) is 0 Å². The van der Waals surface area contributed by atoms with Crippen molar-refractivity contribution in [2.75, 3.05) is 13.2 Å². The van der Waals surface area contributed by atoms with E-state index >= 15 is 0 Å². The van der Waals surface area contributed by atoms with Gasteiger partial charge in [-0.2, -0.15) is 0 Å². The highest BCUT2D eigenvalue weighted by molar-refractivity contribution is 4.82. The van der Waals surface area contributed by atoms with Crippen LogP contribution in [0.25, 0.3) is 0 Å². The van der Waals surface area contributed by atoms with Gasteiger partial charge in [0.05, 0.1) is 12.2 Å². The van der Waals surface area contributed by atoms with Crippen molar-refractivity contribution in [1.29, 1.82) is 0 Å². The molecule has 0 aromatic heterocycles.